The molecule has 0 saturated carbocycles. The summed E-state index contributed by atoms with van der Waals surface area (Å²) in [5.41, 5.74) is -4.56. The van der Waals surface area contributed by atoms with Gasteiger partial charge in [0.15, 0.2) is 16.8 Å². The fourth-order valence-corrected chi connectivity index (χ4v) is 4.61. The Morgan fingerprint density at radius 1 is 1.14 bits per heavy atom. The van der Waals surface area contributed by atoms with Gasteiger partial charge in [-0.15, -0.1) is 0 Å². The summed E-state index contributed by atoms with van der Waals surface area (Å²) in [7, 11) is -5.59. The lowest BCUT2D eigenvalue weighted by molar-refractivity contribution is -0.0471. The summed E-state index contributed by atoms with van der Waals surface area (Å²) in [4.78, 5) is 21.0. The van der Waals surface area contributed by atoms with Crippen LogP contribution in [0.1, 0.15) is 35.1 Å². The van der Waals surface area contributed by atoms with Crippen LogP contribution >= 0.6 is 11.6 Å². The number of aromatic nitrogens is 3. The number of hydrazone groups is 1. The van der Waals surface area contributed by atoms with Gasteiger partial charge in [0.2, 0.25) is 5.78 Å². The lowest BCUT2D eigenvalue weighted by Crippen LogP contribution is -2.46. The van der Waals surface area contributed by atoms with E-state index in [0.29, 0.717) is 24.0 Å². The van der Waals surface area contributed by atoms with Crippen molar-refractivity contribution in [3.63, 3.8) is 0 Å². The predicted octanol–water partition coefficient (Wildman–Crippen LogP) is 3.95. The van der Waals surface area contributed by atoms with Crippen LogP contribution in [0.15, 0.2) is 29.5 Å². The van der Waals surface area contributed by atoms with Gasteiger partial charge >= 0.3 is 15.5 Å². The average Bonchev–Trinajstić information content (AvgIpc) is 3.19. The zero-order chi connectivity index (χ0) is 27.1. The third-order valence-corrected chi connectivity index (χ3v) is 7.33. The Balaban J connectivity index is 1.48. The number of sulfonamides is 1. The standard InChI is InChI=1S/C21H18ClF5N6O3S/c1-2-15-18(32-10-14(24)19(22)30-20(32)29-15)17(34)6-4-12-3-5-16(13(23)9-12)33-8-7-31(11-28-33)37(35,36)21(25,26)27/h3,5,9-11H,2,4,6-8H2,1H3. The maximum atomic E-state index is 14.8. The summed E-state index contributed by atoms with van der Waals surface area (Å²) in [6.07, 6.45) is 1.95. The summed E-state index contributed by atoms with van der Waals surface area (Å²) >= 11 is 5.70. The molecule has 0 radical (unpaired) electrons. The number of halogens is 6. The first kappa shape index (κ1) is 26.7. The molecule has 0 fully saturated rings. The van der Waals surface area contributed by atoms with Crippen molar-refractivity contribution in [2.24, 2.45) is 5.10 Å². The van der Waals surface area contributed by atoms with E-state index in [-0.39, 0.29) is 51.8 Å². The van der Waals surface area contributed by atoms with E-state index < -0.39 is 33.7 Å². The van der Waals surface area contributed by atoms with Crippen LogP contribution in [0.2, 0.25) is 5.15 Å². The molecule has 0 saturated heterocycles. The van der Waals surface area contributed by atoms with E-state index in [4.69, 9.17) is 11.6 Å². The van der Waals surface area contributed by atoms with Gasteiger partial charge in [0, 0.05) is 6.42 Å². The maximum Gasteiger partial charge on any atom is 0.516 e. The van der Waals surface area contributed by atoms with Gasteiger partial charge in [-0.25, -0.2) is 18.1 Å². The van der Waals surface area contributed by atoms with E-state index in [1.807, 2.05) is 0 Å². The van der Waals surface area contributed by atoms with Crippen LogP contribution in [-0.2, 0) is 22.9 Å². The molecule has 4 rings (SSSR count). The van der Waals surface area contributed by atoms with Gasteiger partial charge in [-0.3, -0.25) is 14.2 Å². The fourth-order valence-electron chi connectivity index (χ4n) is 3.74. The molecular weight excluding hydrogens is 547 g/mol. The predicted molar refractivity (Wildman–Crippen MR) is 124 cm³/mol. The Morgan fingerprint density at radius 2 is 1.86 bits per heavy atom. The number of benzene rings is 1. The number of carbonyl (C=O) groups is 1. The van der Waals surface area contributed by atoms with Crippen LogP contribution in [0, 0.1) is 11.6 Å². The number of alkyl halides is 3. The summed E-state index contributed by atoms with van der Waals surface area (Å²) in [6.45, 7) is 0.871. The monoisotopic (exact) mass is 564 g/mol. The second-order valence-corrected chi connectivity index (χ2v) is 10.2. The highest BCUT2D eigenvalue weighted by atomic mass is 35.5. The molecule has 16 heteroatoms. The van der Waals surface area contributed by atoms with Crippen LogP contribution < -0.4 is 5.01 Å². The van der Waals surface area contributed by atoms with Gasteiger partial charge in [0.05, 0.1) is 30.7 Å². The van der Waals surface area contributed by atoms with Crippen molar-refractivity contribution in [3.8, 4) is 0 Å². The summed E-state index contributed by atoms with van der Waals surface area (Å²) in [5.74, 6) is -1.88. The molecule has 0 atom stereocenters. The highest BCUT2D eigenvalue weighted by molar-refractivity contribution is 7.90. The molecule has 37 heavy (non-hydrogen) atoms. The molecule has 1 aromatic carbocycles. The molecule has 1 aliphatic heterocycles. The number of hydrogen-bond acceptors (Lipinski definition) is 7. The first-order valence-corrected chi connectivity index (χ1v) is 12.6. The van der Waals surface area contributed by atoms with Crippen LogP contribution in [0.25, 0.3) is 5.78 Å². The highest BCUT2D eigenvalue weighted by Crippen LogP contribution is 2.29. The molecule has 0 unspecified atom stereocenters. The molecule has 198 valence electrons. The molecule has 0 N–H and O–H groups in total. The van der Waals surface area contributed by atoms with Crippen molar-refractivity contribution >= 4 is 45.2 Å². The number of imidazole rings is 1. The third-order valence-electron chi connectivity index (χ3n) is 5.59. The van der Waals surface area contributed by atoms with Crippen molar-refractivity contribution in [1.82, 2.24) is 18.7 Å². The van der Waals surface area contributed by atoms with Crippen LogP contribution in [-0.4, -0.2) is 57.8 Å². The minimum Gasteiger partial charge on any atom is -0.292 e. The third kappa shape index (κ3) is 5.09. The van der Waals surface area contributed by atoms with Crippen molar-refractivity contribution in [3.05, 3.63) is 58.1 Å². The first-order chi connectivity index (χ1) is 17.3. The zero-order valence-electron chi connectivity index (χ0n) is 19.0. The number of ketones is 1. The zero-order valence-corrected chi connectivity index (χ0v) is 20.6. The molecule has 0 bridgehead atoms. The van der Waals surface area contributed by atoms with Crippen LogP contribution in [0.4, 0.5) is 27.6 Å². The molecule has 1 aliphatic rings. The molecule has 3 aromatic rings. The van der Waals surface area contributed by atoms with E-state index in [9.17, 15) is 35.2 Å². The SMILES string of the molecule is CCc1nc2nc(Cl)c(F)cn2c1C(=O)CCc1ccc(N2CCN(S(=O)(=O)C(F)(F)F)C=N2)c(F)c1. The second-order valence-electron chi connectivity index (χ2n) is 7.93. The van der Waals surface area contributed by atoms with Gasteiger partial charge < -0.3 is 0 Å². The molecule has 3 heterocycles. The van der Waals surface area contributed by atoms with Gasteiger partial charge in [0.25, 0.3) is 0 Å². The number of anilines is 1. The topological polar surface area (TPSA) is 100 Å². The Labute approximate surface area is 212 Å². The maximum absolute atomic E-state index is 14.8. The Morgan fingerprint density at radius 3 is 2.46 bits per heavy atom. The van der Waals surface area contributed by atoms with Crippen molar-refractivity contribution < 1.29 is 35.2 Å². The van der Waals surface area contributed by atoms with E-state index in [0.717, 1.165) is 17.3 Å². The number of nitrogens with zero attached hydrogens (tertiary/aromatic N) is 6. The van der Waals surface area contributed by atoms with Crippen LogP contribution in [0.3, 0.4) is 0 Å². The quantitative estimate of drug-likeness (QED) is 0.245. The molecular formula is C21H18ClF5N6O3S. The van der Waals surface area contributed by atoms with Crippen molar-refractivity contribution in [2.75, 3.05) is 18.1 Å². The minimum atomic E-state index is -5.59. The highest BCUT2D eigenvalue weighted by Gasteiger charge is 2.50. The number of aryl methyl sites for hydroxylation is 2. The van der Waals surface area contributed by atoms with Gasteiger partial charge in [0.1, 0.15) is 17.8 Å². The number of fused-ring (bicyclic) bond motifs is 1. The van der Waals surface area contributed by atoms with E-state index in [2.05, 4.69) is 15.1 Å². The average molecular weight is 565 g/mol. The summed E-state index contributed by atoms with van der Waals surface area (Å²) in [5, 5.41) is 4.29. The fraction of sp³-hybridized carbons (Fsp3) is 0.333. The van der Waals surface area contributed by atoms with E-state index in [1.54, 1.807) is 6.92 Å². The van der Waals surface area contributed by atoms with Crippen LogP contribution in [0.5, 0.6) is 0 Å². The molecule has 9 nitrogen and oxygen atoms in total. The van der Waals surface area contributed by atoms with Crippen molar-refractivity contribution in [1.29, 1.82) is 0 Å². The van der Waals surface area contributed by atoms with Crippen molar-refractivity contribution in [2.45, 2.75) is 31.7 Å². The molecule has 0 spiro atoms. The summed E-state index contributed by atoms with van der Waals surface area (Å²) in [6, 6.07) is 3.98. The van der Waals surface area contributed by atoms with Gasteiger partial charge in [-0.2, -0.15) is 31.7 Å². The van der Waals surface area contributed by atoms with E-state index in [1.165, 1.54) is 16.5 Å². The first-order valence-electron chi connectivity index (χ1n) is 10.8. The van der Waals surface area contributed by atoms with Gasteiger partial charge in [-0.1, -0.05) is 24.6 Å². The normalized spacial score (nSPS) is 14.6. The van der Waals surface area contributed by atoms with Gasteiger partial charge in [-0.05, 0) is 30.5 Å². The van der Waals surface area contributed by atoms with E-state index >= 15 is 0 Å². The molecule has 0 amide bonds. The smallest absolute Gasteiger partial charge is 0.292 e. The lowest BCUT2D eigenvalue weighted by Gasteiger charge is -2.29. The number of rotatable bonds is 7. The molecule has 0 aliphatic carbocycles. The summed E-state index contributed by atoms with van der Waals surface area (Å²) < 4.78 is 91.0. The molecule has 2 aromatic heterocycles. The number of carbonyl (C=O) groups excluding carboxylic acids is 1. The largest absolute Gasteiger partial charge is 0.516 e. The minimum absolute atomic E-state index is 0.0431. The number of hydrogen-bond donors (Lipinski definition) is 0. The Hall–Kier alpha value is -3.33. The Kier molecular flexibility index (Phi) is 7.12. The Bertz CT molecular complexity index is 1510. The second kappa shape index (κ2) is 9.85. The number of Topliss-reactive ketones (excluding diaryl/α,β-unsaturated/α-hetero) is 1. The lowest BCUT2D eigenvalue weighted by atomic mass is 10.0.